The number of ether oxygens (including phenoxy) is 1. The summed E-state index contributed by atoms with van der Waals surface area (Å²) in [5.41, 5.74) is 3.92. The van der Waals surface area contributed by atoms with Crippen molar-refractivity contribution in [2.45, 2.75) is 51.2 Å². The number of sulfonamides is 1. The Labute approximate surface area is 225 Å². The molecule has 2 aromatic carbocycles. The van der Waals surface area contributed by atoms with Crippen LogP contribution in [0.4, 0.5) is 0 Å². The quantitative estimate of drug-likeness (QED) is 0.375. The normalized spacial score (nSPS) is 14.3. The Morgan fingerprint density at radius 1 is 1.00 bits per heavy atom. The first-order valence-electron chi connectivity index (χ1n) is 12.8. The van der Waals surface area contributed by atoms with Gasteiger partial charge in [-0.15, -0.1) is 0 Å². The summed E-state index contributed by atoms with van der Waals surface area (Å²) in [5, 5.41) is 0. The fourth-order valence-corrected chi connectivity index (χ4v) is 6.60. The van der Waals surface area contributed by atoms with E-state index in [0.29, 0.717) is 34.7 Å². The van der Waals surface area contributed by atoms with Gasteiger partial charge in [-0.1, -0.05) is 24.3 Å². The first-order valence-corrected chi connectivity index (χ1v) is 14.3. The second kappa shape index (κ2) is 11.7. The van der Waals surface area contributed by atoms with Gasteiger partial charge < -0.3 is 14.1 Å². The number of amides is 1. The predicted octanol–water partition coefficient (Wildman–Crippen LogP) is 4.59. The monoisotopic (exact) mass is 539 g/mol. The number of benzene rings is 2. The molecule has 4 rings (SSSR count). The van der Waals surface area contributed by atoms with Crippen molar-refractivity contribution in [2.75, 3.05) is 34.3 Å². The summed E-state index contributed by atoms with van der Waals surface area (Å²) in [5.74, 6) is 0.819. The molecule has 38 heavy (non-hydrogen) atoms. The second-order valence-electron chi connectivity index (χ2n) is 10.1. The molecular formula is C29H37N3O5S. The van der Waals surface area contributed by atoms with Gasteiger partial charge in [0.2, 0.25) is 10.0 Å². The number of furan rings is 1. The Kier molecular flexibility index (Phi) is 8.60. The Bertz CT molecular complexity index is 1370. The lowest BCUT2D eigenvalue weighted by atomic mass is 10.1. The van der Waals surface area contributed by atoms with Crippen LogP contribution < -0.4 is 4.74 Å². The van der Waals surface area contributed by atoms with E-state index in [2.05, 4.69) is 17.0 Å². The third kappa shape index (κ3) is 6.28. The molecular weight excluding hydrogens is 502 g/mol. The molecule has 1 saturated heterocycles. The van der Waals surface area contributed by atoms with Crippen molar-refractivity contribution >= 4 is 15.9 Å². The zero-order valence-corrected chi connectivity index (χ0v) is 23.7. The summed E-state index contributed by atoms with van der Waals surface area (Å²) in [6.07, 6.45) is 3.90. The lowest BCUT2D eigenvalue weighted by Gasteiger charge is -2.20. The number of likely N-dealkylation sites (tertiary alicyclic amines) is 1. The van der Waals surface area contributed by atoms with Crippen molar-refractivity contribution in [3.8, 4) is 5.75 Å². The van der Waals surface area contributed by atoms with Crippen LogP contribution >= 0.6 is 0 Å². The van der Waals surface area contributed by atoms with E-state index in [9.17, 15) is 13.2 Å². The summed E-state index contributed by atoms with van der Waals surface area (Å²) in [7, 11) is 1.03. The first-order chi connectivity index (χ1) is 18.1. The number of rotatable bonds is 10. The maximum absolute atomic E-state index is 13.3. The van der Waals surface area contributed by atoms with Crippen LogP contribution in [0.1, 0.15) is 51.2 Å². The molecule has 3 aromatic rings. The fraction of sp³-hybridized carbons (Fsp3) is 0.414. The van der Waals surface area contributed by atoms with Crippen LogP contribution in [0.3, 0.4) is 0 Å². The molecule has 0 atom stereocenters. The Balaban J connectivity index is 1.41. The topological polar surface area (TPSA) is 83.3 Å². The van der Waals surface area contributed by atoms with Gasteiger partial charge >= 0.3 is 0 Å². The molecule has 8 nitrogen and oxygen atoms in total. The highest BCUT2D eigenvalue weighted by Gasteiger charge is 2.27. The van der Waals surface area contributed by atoms with E-state index in [1.165, 1.54) is 36.0 Å². The van der Waals surface area contributed by atoms with Crippen molar-refractivity contribution in [3.05, 3.63) is 82.3 Å². The van der Waals surface area contributed by atoms with Gasteiger partial charge in [-0.3, -0.25) is 9.69 Å². The minimum atomic E-state index is -3.79. The van der Waals surface area contributed by atoms with Gasteiger partial charge in [0.15, 0.2) is 0 Å². The van der Waals surface area contributed by atoms with Gasteiger partial charge in [-0.2, -0.15) is 4.31 Å². The zero-order chi connectivity index (χ0) is 27.4. The van der Waals surface area contributed by atoms with Crippen LogP contribution in [0.2, 0.25) is 0 Å². The standard InChI is InChI=1S/C29H37N3O5S/c1-21-13-26(36-5)14-22(2)28(21)38(34,35)31(4)19-27-16-25(20-37-27)29(33)30(3)17-23-9-8-10-24(15-23)18-32-11-6-7-12-32/h8-10,13-16,20H,6-7,11-12,17-19H2,1-5H3. The molecule has 0 N–H and O–H groups in total. The Hall–Kier alpha value is -3.14. The first kappa shape index (κ1) is 27.9. The molecule has 0 unspecified atom stereocenters. The van der Waals surface area contributed by atoms with Crippen LogP contribution in [-0.2, 0) is 29.7 Å². The van der Waals surface area contributed by atoms with Crippen molar-refractivity contribution in [1.82, 2.24) is 14.1 Å². The Morgan fingerprint density at radius 3 is 2.32 bits per heavy atom. The van der Waals surface area contributed by atoms with E-state index in [0.717, 1.165) is 25.2 Å². The number of aryl methyl sites for hydroxylation is 2. The molecule has 204 valence electrons. The number of methoxy groups -OCH3 is 1. The fourth-order valence-electron chi connectivity index (χ4n) is 5.06. The molecule has 0 spiro atoms. The average molecular weight is 540 g/mol. The molecule has 1 aromatic heterocycles. The third-order valence-electron chi connectivity index (χ3n) is 6.98. The SMILES string of the molecule is COc1cc(C)c(S(=O)(=O)N(C)Cc2cc(C(=O)N(C)Cc3cccc(CN4CCCC4)c3)co2)c(C)c1. The van der Waals surface area contributed by atoms with Crippen LogP contribution in [-0.4, -0.2) is 62.7 Å². The number of hydrogen-bond donors (Lipinski definition) is 0. The van der Waals surface area contributed by atoms with Gasteiger partial charge in [-0.05, 0) is 80.2 Å². The third-order valence-corrected chi connectivity index (χ3v) is 9.09. The summed E-state index contributed by atoms with van der Waals surface area (Å²) in [4.78, 5) is 17.4. The number of hydrogen-bond acceptors (Lipinski definition) is 6. The van der Waals surface area contributed by atoms with Gasteiger partial charge in [-0.25, -0.2) is 8.42 Å². The zero-order valence-electron chi connectivity index (χ0n) is 22.9. The van der Waals surface area contributed by atoms with Crippen molar-refractivity contribution < 1.29 is 22.4 Å². The summed E-state index contributed by atoms with van der Waals surface area (Å²) in [6, 6.07) is 13.4. The van der Waals surface area contributed by atoms with E-state index in [4.69, 9.17) is 9.15 Å². The van der Waals surface area contributed by atoms with Crippen molar-refractivity contribution in [3.63, 3.8) is 0 Å². The molecule has 0 radical (unpaired) electrons. The average Bonchev–Trinajstić information content (AvgIpc) is 3.55. The lowest BCUT2D eigenvalue weighted by Crippen LogP contribution is -2.28. The Morgan fingerprint density at radius 2 is 1.66 bits per heavy atom. The summed E-state index contributed by atoms with van der Waals surface area (Å²) in [6.45, 7) is 7.18. The molecule has 1 aliphatic rings. The molecule has 1 fully saturated rings. The molecule has 1 aliphatic heterocycles. The lowest BCUT2D eigenvalue weighted by molar-refractivity contribution is 0.0784. The summed E-state index contributed by atoms with van der Waals surface area (Å²) < 4.78 is 38.7. The van der Waals surface area contributed by atoms with E-state index in [1.807, 2.05) is 12.1 Å². The largest absolute Gasteiger partial charge is 0.497 e. The minimum Gasteiger partial charge on any atom is -0.497 e. The second-order valence-corrected chi connectivity index (χ2v) is 12.1. The summed E-state index contributed by atoms with van der Waals surface area (Å²) >= 11 is 0. The highest BCUT2D eigenvalue weighted by molar-refractivity contribution is 7.89. The van der Waals surface area contributed by atoms with E-state index >= 15 is 0 Å². The number of nitrogens with zero attached hydrogens (tertiary/aromatic N) is 3. The maximum Gasteiger partial charge on any atom is 0.257 e. The van der Waals surface area contributed by atoms with Crippen molar-refractivity contribution in [2.24, 2.45) is 0 Å². The number of carbonyl (C=O) groups excluding carboxylic acids is 1. The van der Waals surface area contributed by atoms with Crippen LogP contribution in [0, 0.1) is 13.8 Å². The molecule has 9 heteroatoms. The molecule has 1 amide bonds. The maximum atomic E-state index is 13.3. The predicted molar refractivity (Wildman–Crippen MR) is 147 cm³/mol. The van der Waals surface area contributed by atoms with Gasteiger partial charge in [0.05, 0.1) is 24.1 Å². The van der Waals surface area contributed by atoms with E-state index in [1.54, 1.807) is 51.1 Å². The van der Waals surface area contributed by atoms with Gasteiger partial charge in [0.25, 0.3) is 5.91 Å². The van der Waals surface area contributed by atoms with E-state index < -0.39 is 10.0 Å². The minimum absolute atomic E-state index is 0.00276. The van der Waals surface area contributed by atoms with Gasteiger partial charge in [0.1, 0.15) is 17.8 Å². The highest BCUT2D eigenvalue weighted by Crippen LogP contribution is 2.28. The highest BCUT2D eigenvalue weighted by atomic mass is 32.2. The van der Waals surface area contributed by atoms with E-state index in [-0.39, 0.29) is 17.3 Å². The van der Waals surface area contributed by atoms with Crippen LogP contribution in [0.5, 0.6) is 5.75 Å². The smallest absolute Gasteiger partial charge is 0.257 e. The number of carbonyl (C=O) groups is 1. The molecule has 0 saturated carbocycles. The molecule has 2 heterocycles. The van der Waals surface area contributed by atoms with Crippen LogP contribution in [0.25, 0.3) is 0 Å². The van der Waals surface area contributed by atoms with Gasteiger partial charge in [0, 0.05) is 27.2 Å². The van der Waals surface area contributed by atoms with Crippen LogP contribution in [0.15, 0.2) is 58.0 Å². The molecule has 0 bridgehead atoms. The molecule has 0 aliphatic carbocycles. The van der Waals surface area contributed by atoms with Crippen molar-refractivity contribution in [1.29, 1.82) is 0 Å².